The maximum Gasteiger partial charge on any atom is 0.269 e. The number of nitro benzene ring substituents is 1. The average molecular weight is 277 g/mol. The van der Waals surface area contributed by atoms with Crippen LogP contribution in [0.3, 0.4) is 0 Å². The van der Waals surface area contributed by atoms with Crippen LogP contribution in [0.1, 0.15) is 23.2 Å². The van der Waals surface area contributed by atoms with E-state index in [9.17, 15) is 14.9 Å². The van der Waals surface area contributed by atoms with Gasteiger partial charge in [-0.25, -0.2) is 0 Å². The topological polar surface area (TPSA) is 66.7 Å². The van der Waals surface area contributed by atoms with Crippen molar-refractivity contribution >= 4 is 11.6 Å². The van der Waals surface area contributed by atoms with Crippen LogP contribution in [0.5, 0.6) is 0 Å². The molecule has 1 aromatic rings. The van der Waals surface area contributed by atoms with Crippen molar-refractivity contribution in [2.75, 3.05) is 27.2 Å². The summed E-state index contributed by atoms with van der Waals surface area (Å²) >= 11 is 0. The second-order valence-corrected chi connectivity index (χ2v) is 5.29. The minimum Gasteiger partial charge on any atom is -0.339 e. The molecule has 108 valence electrons. The first-order chi connectivity index (χ1) is 9.49. The zero-order valence-corrected chi connectivity index (χ0v) is 11.8. The van der Waals surface area contributed by atoms with Crippen molar-refractivity contribution in [3.05, 3.63) is 39.9 Å². The van der Waals surface area contributed by atoms with E-state index in [1.54, 1.807) is 0 Å². The molecular formula is C14H19N3O3. The zero-order valence-electron chi connectivity index (χ0n) is 11.8. The smallest absolute Gasteiger partial charge is 0.269 e. The molecule has 6 nitrogen and oxygen atoms in total. The summed E-state index contributed by atoms with van der Waals surface area (Å²) in [7, 11) is 4.11. The maximum absolute atomic E-state index is 12.3. The quantitative estimate of drug-likeness (QED) is 0.623. The number of rotatable bonds is 3. The Hall–Kier alpha value is -1.95. The van der Waals surface area contributed by atoms with Crippen molar-refractivity contribution in [1.82, 2.24) is 9.80 Å². The molecule has 1 aliphatic heterocycles. The van der Waals surface area contributed by atoms with Crippen molar-refractivity contribution < 1.29 is 9.72 Å². The molecule has 1 aliphatic rings. The Balaban J connectivity index is 2.00. The molecule has 0 N–H and O–H groups in total. The Morgan fingerprint density at radius 3 is 2.25 bits per heavy atom. The molecular weight excluding hydrogens is 258 g/mol. The lowest BCUT2D eigenvalue weighted by atomic mass is 10.0. The summed E-state index contributed by atoms with van der Waals surface area (Å²) in [6, 6.07) is 6.33. The Labute approximate surface area is 118 Å². The van der Waals surface area contributed by atoms with Gasteiger partial charge in [0.1, 0.15) is 0 Å². The lowest BCUT2D eigenvalue weighted by Crippen LogP contribution is -2.44. The van der Waals surface area contributed by atoms with Crippen LogP contribution in [-0.2, 0) is 0 Å². The van der Waals surface area contributed by atoms with Gasteiger partial charge in [-0.3, -0.25) is 14.9 Å². The molecule has 2 rings (SSSR count). The largest absolute Gasteiger partial charge is 0.339 e. The standard InChI is InChI=1S/C14H19N3O3/c1-15(2)12-7-9-16(10-8-12)14(18)11-3-5-13(6-4-11)17(19)20/h3-6,12H,7-10H2,1-2H3. The first-order valence-electron chi connectivity index (χ1n) is 6.69. The number of non-ortho nitro benzene ring substituents is 1. The molecule has 0 saturated carbocycles. The fourth-order valence-electron chi connectivity index (χ4n) is 2.49. The number of nitro groups is 1. The third-order valence-electron chi connectivity index (χ3n) is 3.81. The van der Waals surface area contributed by atoms with Gasteiger partial charge in [-0.05, 0) is 39.1 Å². The number of likely N-dealkylation sites (tertiary alicyclic amines) is 1. The van der Waals surface area contributed by atoms with E-state index in [1.165, 1.54) is 24.3 Å². The van der Waals surface area contributed by atoms with Gasteiger partial charge >= 0.3 is 0 Å². The van der Waals surface area contributed by atoms with Gasteiger partial charge < -0.3 is 9.80 Å². The monoisotopic (exact) mass is 277 g/mol. The molecule has 20 heavy (non-hydrogen) atoms. The molecule has 1 aromatic carbocycles. The Morgan fingerprint density at radius 1 is 1.25 bits per heavy atom. The predicted molar refractivity (Wildman–Crippen MR) is 75.7 cm³/mol. The molecule has 6 heteroatoms. The van der Waals surface area contributed by atoms with Crippen molar-refractivity contribution in [2.24, 2.45) is 0 Å². The number of amides is 1. The first-order valence-corrected chi connectivity index (χ1v) is 6.69. The van der Waals surface area contributed by atoms with Crippen LogP contribution in [0, 0.1) is 10.1 Å². The Kier molecular flexibility index (Phi) is 4.34. The van der Waals surface area contributed by atoms with Crippen LogP contribution in [0.2, 0.25) is 0 Å². The van der Waals surface area contributed by atoms with Crippen molar-refractivity contribution in [3.8, 4) is 0 Å². The molecule has 1 saturated heterocycles. The summed E-state index contributed by atoms with van der Waals surface area (Å²) in [6.45, 7) is 1.47. The molecule has 0 aliphatic carbocycles. The van der Waals surface area contributed by atoms with E-state index >= 15 is 0 Å². The number of carbonyl (C=O) groups excluding carboxylic acids is 1. The molecule has 1 amide bonds. The molecule has 0 aromatic heterocycles. The molecule has 0 radical (unpaired) electrons. The minimum absolute atomic E-state index is 0.00728. The van der Waals surface area contributed by atoms with Gasteiger partial charge in [-0.15, -0.1) is 0 Å². The van der Waals surface area contributed by atoms with Gasteiger partial charge in [0.15, 0.2) is 0 Å². The highest BCUT2D eigenvalue weighted by atomic mass is 16.6. The molecule has 0 unspecified atom stereocenters. The normalized spacial score (nSPS) is 16.4. The maximum atomic E-state index is 12.3. The van der Waals surface area contributed by atoms with Gasteiger partial charge in [-0.1, -0.05) is 0 Å². The van der Waals surface area contributed by atoms with E-state index in [0.29, 0.717) is 11.6 Å². The summed E-state index contributed by atoms with van der Waals surface area (Å²) in [5.41, 5.74) is 0.520. The van der Waals surface area contributed by atoms with E-state index in [2.05, 4.69) is 19.0 Å². The van der Waals surface area contributed by atoms with Crippen LogP contribution in [0.15, 0.2) is 24.3 Å². The van der Waals surface area contributed by atoms with Gasteiger partial charge in [0, 0.05) is 36.8 Å². The number of nitrogens with zero attached hydrogens (tertiary/aromatic N) is 3. The SMILES string of the molecule is CN(C)C1CCN(C(=O)c2ccc([N+](=O)[O-])cc2)CC1. The number of hydrogen-bond donors (Lipinski definition) is 0. The molecule has 0 atom stereocenters. The highest BCUT2D eigenvalue weighted by Gasteiger charge is 2.24. The van der Waals surface area contributed by atoms with Gasteiger partial charge in [0.05, 0.1) is 4.92 Å². The summed E-state index contributed by atoms with van der Waals surface area (Å²) in [5, 5.41) is 10.6. The van der Waals surface area contributed by atoms with Crippen LogP contribution in [-0.4, -0.2) is 53.9 Å². The van der Waals surface area contributed by atoms with Crippen molar-refractivity contribution in [3.63, 3.8) is 0 Å². The lowest BCUT2D eigenvalue weighted by molar-refractivity contribution is -0.384. The Bertz CT molecular complexity index is 491. The fourth-order valence-corrected chi connectivity index (χ4v) is 2.49. The van der Waals surface area contributed by atoms with E-state index in [-0.39, 0.29) is 11.6 Å². The lowest BCUT2D eigenvalue weighted by Gasteiger charge is -2.35. The van der Waals surface area contributed by atoms with E-state index in [4.69, 9.17) is 0 Å². The summed E-state index contributed by atoms with van der Waals surface area (Å²) < 4.78 is 0. The summed E-state index contributed by atoms with van der Waals surface area (Å²) in [5.74, 6) is -0.0443. The van der Waals surface area contributed by atoms with Crippen LogP contribution in [0.4, 0.5) is 5.69 Å². The number of benzene rings is 1. The van der Waals surface area contributed by atoms with Crippen molar-refractivity contribution in [1.29, 1.82) is 0 Å². The van der Waals surface area contributed by atoms with E-state index in [0.717, 1.165) is 25.9 Å². The van der Waals surface area contributed by atoms with Crippen LogP contribution >= 0.6 is 0 Å². The second kappa shape index (κ2) is 6.00. The van der Waals surface area contributed by atoms with Gasteiger partial charge in [-0.2, -0.15) is 0 Å². The zero-order chi connectivity index (χ0) is 14.7. The molecule has 0 spiro atoms. The third kappa shape index (κ3) is 3.14. The fraction of sp³-hybridized carbons (Fsp3) is 0.500. The highest BCUT2D eigenvalue weighted by molar-refractivity contribution is 5.94. The predicted octanol–water partition coefficient (Wildman–Crippen LogP) is 1.76. The first kappa shape index (κ1) is 14.5. The minimum atomic E-state index is -0.461. The average Bonchev–Trinajstić information content (AvgIpc) is 2.46. The summed E-state index contributed by atoms with van der Waals surface area (Å²) in [6.07, 6.45) is 1.93. The Morgan fingerprint density at radius 2 is 1.80 bits per heavy atom. The third-order valence-corrected chi connectivity index (χ3v) is 3.81. The molecule has 0 bridgehead atoms. The van der Waals surface area contributed by atoms with Gasteiger partial charge in [0.2, 0.25) is 0 Å². The number of piperidine rings is 1. The molecule has 1 heterocycles. The number of carbonyl (C=O) groups is 1. The highest BCUT2D eigenvalue weighted by Crippen LogP contribution is 2.18. The van der Waals surface area contributed by atoms with Crippen molar-refractivity contribution in [2.45, 2.75) is 18.9 Å². The van der Waals surface area contributed by atoms with E-state index < -0.39 is 4.92 Å². The second-order valence-electron chi connectivity index (χ2n) is 5.29. The van der Waals surface area contributed by atoms with Crippen LogP contribution in [0.25, 0.3) is 0 Å². The summed E-state index contributed by atoms with van der Waals surface area (Å²) in [4.78, 5) is 26.4. The van der Waals surface area contributed by atoms with E-state index in [1.807, 2.05) is 4.90 Å². The van der Waals surface area contributed by atoms with Gasteiger partial charge in [0.25, 0.3) is 11.6 Å². The molecule has 1 fully saturated rings. The van der Waals surface area contributed by atoms with Crippen LogP contribution < -0.4 is 0 Å². The number of hydrogen-bond acceptors (Lipinski definition) is 4.